The second kappa shape index (κ2) is 8.20. The number of alkyl carbamates (subject to hydrolysis) is 1. The number of amides is 1. The van der Waals surface area contributed by atoms with Crippen molar-refractivity contribution in [2.24, 2.45) is 0 Å². The van der Waals surface area contributed by atoms with E-state index < -0.39 is 5.60 Å². The number of hydrogen-bond acceptors (Lipinski definition) is 7. The van der Waals surface area contributed by atoms with E-state index in [0.717, 1.165) is 42.1 Å². The summed E-state index contributed by atoms with van der Waals surface area (Å²) >= 11 is 0. The van der Waals surface area contributed by atoms with Crippen molar-refractivity contribution in [3.05, 3.63) is 30.3 Å². The van der Waals surface area contributed by atoms with Crippen molar-refractivity contribution in [3.63, 3.8) is 0 Å². The van der Waals surface area contributed by atoms with Crippen molar-refractivity contribution in [2.75, 3.05) is 13.2 Å². The first-order valence-corrected chi connectivity index (χ1v) is 11.2. The molecular formula is C23H29N5O4. The Hall–Kier alpha value is -2.94. The smallest absolute Gasteiger partial charge is 0.407 e. The van der Waals surface area contributed by atoms with Crippen LogP contribution in [-0.4, -0.2) is 50.9 Å². The van der Waals surface area contributed by atoms with Gasteiger partial charge in [0, 0.05) is 22.9 Å². The Morgan fingerprint density at radius 3 is 2.66 bits per heavy atom. The molecule has 1 N–H and O–H groups in total. The second-order valence-electron chi connectivity index (χ2n) is 9.71. The van der Waals surface area contributed by atoms with Gasteiger partial charge in [0.25, 0.3) is 0 Å². The molecule has 2 fully saturated rings. The Bertz CT molecular complexity index is 1100. The fraction of sp³-hybridized carbons (Fsp3) is 0.565. The van der Waals surface area contributed by atoms with Gasteiger partial charge in [-0.25, -0.2) is 4.79 Å². The molecular weight excluding hydrogens is 410 g/mol. The molecule has 170 valence electrons. The lowest BCUT2D eigenvalue weighted by Gasteiger charge is -2.28. The molecule has 1 aliphatic heterocycles. The quantitative estimate of drug-likeness (QED) is 0.649. The number of carbonyl (C=O) groups is 1. The number of ether oxygens (including phenoxy) is 2. The molecule has 0 spiro atoms. The predicted octanol–water partition coefficient (Wildman–Crippen LogP) is 4.21. The van der Waals surface area contributed by atoms with Crippen LogP contribution >= 0.6 is 0 Å². The van der Waals surface area contributed by atoms with Crippen LogP contribution in [0.5, 0.6) is 0 Å². The Labute approximate surface area is 186 Å². The van der Waals surface area contributed by atoms with Gasteiger partial charge in [0.05, 0.1) is 31.0 Å². The number of rotatable bonds is 4. The van der Waals surface area contributed by atoms with E-state index in [9.17, 15) is 4.79 Å². The first-order chi connectivity index (χ1) is 15.4. The Morgan fingerprint density at radius 2 is 1.97 bits per heavy atom. The van der Waals surface area contributed by atoms with Crippen molar-refractivity contribution in [1.29, 1.82) is 0 Å². The number of nitrogens with zero attached hydrogens (tertiary/aromatic N) is 4. The summed E-state index contributed by atoms with van der Waals surface area (Å²) in [5, 5.41) is 12.8. The van der Waals surface area contributed by atoms with Gasteiger partial charge < -0.3 is 19.3 Å². The summed E-state index contributed by atoms with van der Waals surface area (Å²) in [7, 11) is 0. The van der Waals surface area contributed by atoms with Crippen LogP contribution in [0.15, 0.2) is 28.9 Å². The highest BCUT2D eigenvalue weighted by molar-refractivity contribution is 5.83. The maximum atomic E-state index is 12.0. The van der Waals surface area contributed by atoms with Gasteiger partial charge in [-0.2, -0.15) is 10.1 Å². The van der Waals surface area contributed by atoms with E-state index in [2.05, 4.69) is 21.6 Å². The summed E-state index contributed by atoms with van der Waals surface area (Å²) in [6.07, 6.45) is 5.00. The third-order valence-corrected chi connectivity index (χ3v) is 6.06. The maximum Gasteiger partial charge on any atom is 0.407 e. The third-order valence-electron chi connectivity index (χ3n) is 6.06. The summed E-state index contributed by atoms with van der Waals surface area (Å²) in [5.41, 5.74) is 1.47. The average molecular weight is 440 g/mol. The van der Waals surface area contributed by atoms with Crippen LogP contribution in [-0.2, 0) is 9.47 Å². The number of fused-ring (bicyclic) bond motifs is 1. The van der Waals surface area contributed by atoms with Crippen LogP contribution in [0, 0.1) is 0 Å². The van der Waals surface area contributed by atoms with Crippen LogP contribution in [0.3, 0.4) is 0 Å². The lowest BCUT2D eigenvalue weighted by atomic mass is 9.86. The fourth-order valence-corrected chi connectivity index (χ4v) is 4.31. The first-order valence-electron chi connectivity index (χ1n) is 11.2. The molecule has 0 unspecified atom stereocenters. The van der Waals surface area contributed by atoms with E-state index in [1.807, 2.05) is 43.8 Å². The molecule has 5 rings (SSSR count). The van der Waals surface area contributed by atoms with Crippen LogP contribution < -0.4 is 5.32 Å². The average Bonchev–Trinajstić information content (AvgIpc) is 3.33. The molecule has 9 nitrogen and oxygen atoms in total. The minimum absolute atomic E-state index is 0.113. The zero-order valence-electron chi connectivity index (χ0n) is 18.7. The van der Waals surface area contributed by atoms with Crippen molar-refractivity contribution in [3.8, 4) is 11.4 Å². The zero-order valence-corrected chi connectivity index (χ0v) is 18.7. The lowest BCUT2D eigenvalue weighted by molar-refractivity contribution is -0.0266. The van der Waals surface area contributed by atoms with Crippen LogP contribution in [0.2, 0.25) is 0 Å². The molecule has 1 amide bonds. The molecule has 0 bridgehead atoms. The van der Waals surface area contributed by atoms with E-state index in [-0.39, 0.29) is 24.1 Å². The van der Waals surface area contributed by atoms with Crippen LogP contribution in [0.4, 0.5) is 4.79 Å². The predicted molar refractivity (Wildman–Crippen MR) is 117 cm³/mol. The molecule has 1 saturated carbocycles. The van der Waals surface area contributed by atoms with E-state index in [1.165, 1.54) is 0 Å². The standard InChI is InChI=1S/C23H29N5O4/c1-23(2,3)31-22(29)25-17-8-6-14(7-9-17)21-26-20(27-32-21)15-4-5-16-11-24-28(19(16)10-15)18-12-30-13-18/h4-5,10-11,14,17-18H,6-9,12-13H2,1-3H3,(H,25,29)/t14-,17+. The van der Waals surface area contributed by atoms with E-state index in [4.69, 9.17) is 19.0 Å². The van der Waals surface area contributed by atoms with Crippen LogP contribution in [0.1, 0.15) is 64.3 Å². The minimum Gasteiger partial charge on any atom is -0.444 e. The molecule has 2 aliphatic rings. The van der Waals surface area contributed by atoms with Crippen molar-refractivity contribution in [1.82, 2.24) is 25.2 Å². The SMILES string of the molecule is CC(C)(C)OC(=O)N[C@H]1CC[C@@H](c2nc(-c3ccc4cnn(C5COC5)c4c3)no2)CC1. The summed E-state index contributed by atoms with van der Waals surface area (Å²) in [6.45, 7) is 6.98. The van der Waals surface area contributed by atoms with Gasteiger partial charge in [-0.05, 0) is 52.5 Å². The summed E-state index contributed by atoms with van der Waals surface area (Å²) in [6, 6.07) is 6.51. The molecule has 1 aromatic carbocycles. The largest absolute Gasteiger partial charge is 0.444 e. The topological polar surface area (TPSA) is 104 Å². The summed E-state index contributed by atoms with van der Waals surface area (Å²) < 4.78 is 18.3. The van der Waals surface area contributed by atoms with Crippen LogP contribution in [0.25, 0.3) is 22.3 Å². The molecule has 1 saturated heterocycles. The molecule has 1 aliphatic carbocycles. The molecule has 32 heavy (non-hydrogen) atoms. The van der Waals surface area contributed by atoms with E-state index in [1.54, 1.807) is 0 Å². The molecule has 2 aromatic heterocycles. The summed E-state index contributed by atoms with van der Waals surface area (Å²) in [5.74, 6) is 1.46. The number of aromatic nitrogens is 4. The fourth-order valence-electron chi connectivity index (χ4n) is 4.31. The highest BCUT2D eigenvalue weighted by Gasteiger charge is 2.29. The number of nitrogens with one attached hydrogen (secondary N) is 1. The normalized spacial score (nSPS) is 22.0. The van der Waals surface area contributed by atoms with Crippen molar-refractivity contribution < 1.29 is 18.8 Å². The maximum absolute atomic E-state index is 12.0. The molecule has 0 radical (unpaired) electrons. The Kier molecular flexibility index (Phi) is 5.36. The third kappa shape index (κ3) is 4.34. The van der Waals surface area contributed by atoms with Crippen molar-refractivity contribution >= 4 is 17.0 Å². The minimum atomic E-state index is -0.492. The van der Waals surface area contributed by atoms with Gasteiger partial charge in [-0.1, -0.05) is 17.3 Å². The highest BCUT2D eigenvalue weighted by atomic mass is 16.6. The Balaban J connectivity index is 1.23. The lowest BCUT2D eigenvalue weighted by Crippen LogP contribution is -2.40. The van der Waals surface area contributed by atoms with Gasteiger partial charge >= 0.3 is 6.09 Å². The van der Waals surface area contributed by atoms with E-state index >= 15 is 0 Å². The summed E-state index contributed by atoms with van der Waals surface area (Å²) in [4.78, 5) is 16.7. The van der Waals surface area contributed by atoms with Gasteiger partial charge in [0.2, 0.25) is 11.7 Å². The first kappa shape index (κ1) is 20.9. The monoisotopic (exact) mass is 439 g/mol. The van der Waals surface area contributed by atoms with E-state index in [0.29, 0.717) is 24.9 Å². The zero-order chi connectivity index (χ0) is 22.3. The van der Waals surface area contributed by atoms with Gasteiger partial charge in [0.15, 0.2) is 0 Å². The Morgan fingerprint density at radius 1 is 1.19 bits per heavy atom. The van der Waals surface area contributed by atoms with Gasteiger partial charge in [-0.3, -0.25) is 4.68 Å². The molecule has 9 heteroatoms. The molecule has 3 heterocycles. The second-order valence-corrected chi connectivity index (χ2v) is 9.71. The van der Waals surface area contributed by atoms with Gasteiger partial charge in [0.1, 0.15) is 5.60 Å². The van der Waals surface area contributed by atoms with Gasteiger partial charge in [-0.15, -0.1) is 0 Å². The molecule has 3 aromatic rings. The number of carbonyl (C=O) groups excluding carboxylic acids is 1. The molecule has 0 atom stereocenters. The number of hydrogen-bond donors (Lipinski definition) is 1. The highest BCUT2D eigenvalue weighted by Crippen LogP contribution is 2.34. The number of benzene rings is 1. The van der Waals surface area contributed by atoms with Crippen molar-refractivity contribution in [2.45, 2.75) is 70.1 Å².